The van der Waals surface area contributed by atoms with Crippen LogP contribution in [0.2, 0.25) is 0 Å². The molecule has 3 nitrogen and oxygen atoms in total. The van der Waals surface area contributed by atoms with Crippen LogP contribution in [0.3, 0.4) is 0 Å². The lowest BCUT2D eigenvalue weighted by Gasteiger charge is -2.35. The summed E-state index contributed by atoms with van der Waals surface area (Å²) >= 11 is 5.91. The fourth-order valence-corrected chi connectivity index (χ4v) is 4.66. The number of halogens is 2. The van der Waals surface area contributed by atoms with E-state index in [4.69, 9.17) is 4.74 Å². The Hall–Kier alpha value is -1.08. The molecule has 1 aliphatic rings. The van der Waals surface area contributed by atoms with Crippen molar-refractivity contribution in [2.24, 2.45) is 0 Å². The van der Waals surface area contributed by atoms with Crippen molar-refractivity contribution in [2.45, 2.75) is 32.4 Å². The fourth-order valence-electron chi connectivity index (χ4n) is 2.85. The third kappa shape index (κ3) is 3.71. The third-order valence-corrected chi connectivity index (χ3v) is 5.25. The molecule has 0 bridgehead atoms. The van der Waals surface area contributed by atoms with Gasteiger partial charge in [0.25, 0.3) is 0 Å². The Morgan fingerprint density at radius 1 is 1.35 bits per heavy atom. The van der Waals surface area contributed by atoms with Gasteiger partial charge in [-0.25, -0.2) is 4.79 Å². The Morgan fingerprint density at radius 2 is 2.09 bits per heavy atom. The van der Waals surface area contributed by atoms with Crippen LogP contribution in [0.5, 0.6) is 0 Å². The molecule has 0 saturated heterocycles. The molecule has 1 aliphatic heterocycles. The van der Waals surface area contributed by atoms with Gasteiger partial charge in [0.1, 0.15) is 6.61 Å². The average Bonchev–Trinajstić information content (AvgIpc) is 2.54. The Kier molecular flexibility index (Phi) is 5.26. The Morgan fingerprint density at radius 3 is 2.83 bits per heavy atom. The predicted octanol–water partition coefficient (Wildman–Crippen LogP) is 5.53. The normalized spacial score (nSPS) is 16.8. The summed E-state index contributed by atoms with van der Waals surface area (Å²) in [6.07, 6.45) is 1.64. The van der Waals surface area contributed by atoms with Gasteiger partial charge in [0.2, 0.25) is 0 Å². The Balaban J connectivity index is 1.83. The lowest BCUT2D eigenvalue weighted by molar-refractivity contribution is 0.144. The van der Waals surface area contributed by atoms with E-state index in [1.54, 1.807) is 4.90 Å². The van der Waals surface area contributed by atoms with Crippen molar-refractivity contribution in [3.63, 3.8) is 0 Å². The molecule has 0 N–H and O–H groups in total. The summed E-state index contributed by atoms with van der Waals surface area (Å²) in [5.41, 5.74) is 3.13. The zero-order chi connectivity index (χ0) is 16.4. The van der Waals surface area contributed by atoms with Crippen LogP contribution in [0.4, 0.5) is 10.5 Å². The van der Waals surface area contributed by atoms with Crippen molar-refractivity contribution >= 4 is 50.3 Å². The standard InChI is InChI=1S/C18H17BrINO2/c1-12-7-8-14-9-15(20)10-16(19)17(14)21(12)18(22)23-11-13-5-3-2-4-6-13/h2-6,9-10,12H,7-8,11H2,1H3. The minimum Gasteiger partial charge on any atom is -0.444 e. The van der Waals surface area contributed by atoms with Crippen molar-refractivity contribution in [1.82, 2.24) is 0 Å². The second-order valence-corrected chi connectivity index (χ2v) is 7.79. The summed E-state index contributed by atoms with van der Waals surface area (Å²) in [6, 6.07) is 14.1. The first kappa shape index (κ1) is 16.8. The number of rotatable bonds is 2. The fraction of sp³-hybridized carbons (Fsp3) is 0.278. The van der Waals surface area contributed by atoms with Crippen molar-refractivity contribution < 1.29 is 9.53 Å². The molecule has 0 radical (unpaired) electrons. The number of carbonyl (C=O) groups is 1. The van der Waals surface area contributed by atoms with Crippen LogP contribution >= 0.6 is 38.5 Å². The van der Waals surface area contributed by atoms with Crippen LogP contribution in [-0.4, -0.2) is 12.1 Å². The number of amides is 1. The maximum absolute atomic E-state index is 12.7. The van der Waals surface area contributed by atoms with E-state index in [1.807, 2.05) is 36.4 Å². The van der Waals surface area contributed by atoms with Crippen molar-refractivity contribution in [1.29, 1.82) is 0 Å². The number of ether oxygens (including phenoxy) is 1. The molecule has 0 aliphatic carbocycles. The first-order valence-corrected chi connectivity index (χ1v) is 9.41. The Labute approximate surface area is 158 Å². The molecule has 0 aromatic heterocycles. The smallest absolute Gasteiger partial charge is 0.414 e. The van der Waals surface area contributed by atoms with E-state index >= 15 is 0 Å². The highest BCUT2D eigenvalue weighted by Crippen LogP contribution is 2.38. The SMILES string of the molecule is CC1CCc2cc(I)cc(Br)c2N1C(=O)OCc1ccccc1. The number of anilines is 1. The zero-order valence-corrected chi connectivity index (χ0v) is 16.5. The topological polar surface area (TPSA) is 29.5 Å². The highest BCUT2D eigenvalue weighted by atomic mass is 127. The molecular weight excluding hydrogens is 469 g/mol. The molecule has 23 heavy (non-hydrogen) atoms. The molecule has 1 amide bonds. The van der Waals surface area contributed by atoms with E-state index in [0.29, 0.717) is 6.61 Å². The highest BCUT2D eigenvalue weighted by molar-refractivity contribution is 14.1. The monoisotopic (exact) mass is 485 g/mol. The summed E-state index contributed by atoms with van der Waals surface area (Å²) in [6.45, 7) is 2.36. The van der Waals surface area contributed by atoms with Gasteiger partial charge >= 0.3 is 6.09 Å². The van der Waals surface area contributed by atoms with Gasteiger partial charge in [-0.3, -0.25) is 4.90 Å². The van der Waals surface area contributed by atoms with Gasteiger partial charge in [-0.1, -0.05) is 30.3 Å². The number of hydrogen-bond donors (Lipinski definition) is 0. The van der Waals surface area contributed by atoms with Crippen LogP contribution in [0.25, 0.3) is 0 Å². The molecule has 5 heteroatoms. The summed E-state index contributed by atoms with van der Waals surface area (Å²) in [7, 11) is 0. The maximum Gasteiger partial charge on any atom is 0.414 e. The van der Waals surface area contributed by atoms with E-state index in [1.165, 1.54) is 9.13 Å². The van der Waals surface area contributed by atoms with Gasteiger partial charge in [0.05, 0.1) is 5.69 Å². The van der Waals surface area contributed by atoms with Gasteiger partial charge < -0.3 is 4.74 Å². The summed E-state index contributed by atoms with van der Waals surface area (Å²) in [4.78, 5) is 14.4. The van der Waals surface area contributed by atoms with E-state index in [-0.39, 0.29) is 12.1 Å². The molecule has 1 unspecified atom stereocenters. The van der Waals surface area contributed by atoms with Crippen LogP contribution < -0.4 is 4.90 Å². The van der Waals surface area contributed by atoms with Crippen molar-refractivity contribution in [2.75, 3.05) is 4.90 Å². The van der Waals surface area contributed by atoms with Gasteiger partial charge in [-0.05, 0) is 81.5 Å². The lowest BCUT2D eigenvalue weighted by Crippen LogP contribution is -2.42. The van der Waals surface area contributed by atoms with Crippen LogP contribution in [0, 0.1) is 3.57 Å². The Bertz CT molecular complexity index is 720. The summed E-state index contributed by atoms with van der Waals surface area (Å²) in [5, 5.41) is 0. The molecule has 1 atom stereocenters. The molecule has 0 fully saturated rings. The number of fused-ring (bicyclic) bond motifs is 1. The number of aryl methyl sites for hydroxylation is 1. The first-order valence-electron chi connectivity index (χ1n) is 7.54. The van der Waals surface area contributed by atoms with Gasteiger partial charge in [-0.2, -0.15) is 0 Å². The van der Waals surface area contributed by atoms with Crippen molar-refractivity contribution in [3.8, 4) is 0 Å². The number of carbonyl (C=O) groups excluding carboxylic acids is 1. The lowest BCUT2D eigenvalue weighted by atomic mass is 9.97. The first-order chi connectivity index (χ1) is 11.1. The predicted molar refractivity (Wildman–Crippen MR) is 104 cm³/mol. The van der Waals surface area contributed by atoms with E-state index in [0.717, 1.165) is 28.6 Å². The largest absolute Gasteiger partial charge is 0.444 e. The number of hydrogen-bond acceptors (Lipinski definition) is 2. The van der Waals surface area contributed by atoms with Gasteiger partial charge in [0, 0.05) is 14.1 Å². The molecular formula is C18H17BrINO2. The van der Waals surface area contributed by atoms with Crippen LogP contribution in [0.1, 0.15) is 24.5 Å². The molecule has 1 heterocycles. The second-order valence-electron chi connectivity index (χ2n) is 5.69. The van der Waals surface area contributed by atoms with Gasteiger partial charge in [-0.15, -0.1) is 0 Å². The molecule has 0 spiro atoms. The summed E-state index contributed by atoms with van der Waals surface area (Å²) in [5.74, 6) is 0. The maximum atomic E-state index is 12.7. The molecule has 3 rings (SSSR count). The van der Waals surface area contributed by atoms with E-state index < -0.39 is 0 Å². The van der Waals surface area contributed by atoms with Crippen LogP contribution in [0.15, 0.2) is 46.9 Å². The third-order valence-electron chi connectivity index (χ3n) is 4.02. The molecule has 2 aromatic carbocycles. The molecule has 120 valence electrons. The number of nitrogens with zero attached hydrogens (tertiary/aromatic N) is 1. The molecule has 2 aromatic rings. The minimum atomic E-state index is -0.288. The average molecular weight is 486 g/mol. The van der Waals surface area contributed by atoms with E-state index in [2.05, 4.69) is 51.5 Å². The quantitative estimate of drug-likeness (QED) is 0.523. The minimum absolute atomic E-state index is 0.127. The van der Waals surface area contributed by atoms with E-state index in [9.17, 15) is 4.79 Å². The second kappa shape index (κ2) is 7.21. The molecule has 0 saturated carbocycles. The van der Waals surface area contributed by atoms with Crippen molar-refractivity contribution in [3.05, 3.63) is 61.6 Å². The zero-order valence-electron chi connectivity index (χ0n) is 12.8. The van der Waals surface area contributed by atoms with Gasteiger partial charge in [0.15, 0.2) is 0 Å². The highest BCUT2D eigenvalue weighted by Gasteiger charge is 2.31. The van der Waals surface area contributed by atoms with Crippen LogP contribution in [-0.2, 0) is 17.8 Å². The number of benzene rings is 2. The summed E-state index contributed by atoms with van der Waals surface area (Å²) < 4.78 is 7.66.